The van der Waals surface area contributed by atoms with Crippen LogP contribution in [0.3, 0.4) is 0 Å². The summed E-state index contributed by atoms with van der Waals surface area (Å²) in [7, 11) is 0. The van der Waals surface area contributed by atoms with Crippen LogP contribution in [0.4, 0.5) is 4.79 Å². The number of carbonyl (C=O) groups excluding carboxylic acids is 4. The molecule has 1 fully saturated rings. The summed E-state index contributed by atoms with van der Waals surface area (Å²) in [6.07, 6.45) is 4.29. The highest BCUT2D eigenvalue weighted by Gasteiger charge is 2.34. The number of nitrogens with one attached hydrogen (secondary N) is 2. The van der Waals surface area contributed by atoms with Crippen LogP contribution in [0.2, 0.25) is 0 Å². The minimum atomic E-state index is -1.02. The molecule has 4 unspecified atom stereocenters. The van der Waals surface area contributed by atoms with Crippen molar-refractivity contribution >= 4 is 23.9 Å². The number of aliphatic hydroxyl groups is 1. The number of likely N-dealkylation sites (tertiary alicyclic amines) is 1. The Labute approximate surface area is 243 Å². The van der Waals surface area contributed by atoms with Crippen molar-refractivity contribution in [3.8, 4) is 0 Å². The minimum absolute atomic E-state index is 0.0125. The molecule has 10 heteroatoms. The summed E-state index contributed by atoms with van der Waals surface area (Å²) in [6, 6.07) is 7.34. The van der Waals surface area contributed by atoms with Crippen LogP contribution in [-0.2, 0) is 30.5 Å². The van der Waals surface area contributed by atoms with Gasteiger partial charge in [0.15, 0.2) is 0 Å². The van der Waals surface area contributed by atoms with Crippen molar-refractivity contribution < 1.29 is 33.8 Å². The Balaban J connectivity index is 1.99. The Kier molecular flexibility index (Phi) is 13.6. The molecular weight excluding hydrogens is 526 g/mol. The number of alkyl carbamates (subject to hydrolysis) is 1. The van der Waals surface area contributed by atoms with Gasteiger partial charge in [-0.2, -0.15) is 0 Å². The molecule has 1 saturated heterocycles. The van der Waals surface area contributed by atoms with Gasteiger partial charge in [0, 0.05) is 13.0 Å². The number of ether oxygens (including phenoxy) is 2. The summed E-state index contributed by atoms with van der Waals surface area (Å²) in [5.74, 6) is -1.87. The van der Waals surface area contributed by atoms with Crippen molar-refractivity contribution in [3.63, 3.8) is 0 Å². The number of hydrogen-bond donors (Lipinski definition) is 3. The zero-order chi connectivity index (χ0) is 30.4. The Morgan fingerprint density at radius 2 is 1.76 bits per heavy atom. The Hall–Kier alpha value is -3.66. The van der Waals surface area contributed by atoms with Gasteiger partial charge in [0.2, 0.25) is 11.8 Å². The second-order valence-electron chi connectivity index (χ2n) is 11.3. The first-order valence-electron chi connectivity index (χ1n) is 14.1. The van der Waals surface area contributed by atoms with Crippen LogP contribution in [0, 0.1) is 11.3 Å². The average molecular weight is 572 g/mol. The fraction of sp³-hybridized carbons (Fsp3) is 0.548. The van der Waals surface area contributed by atoms with Crippen LogP contribution >= 0.6 is 0 Å². The van der Waals surface area contributed by atoms with Gasteiger partial charge in [-0.15, -0.1) is 13.2 Å². The van der Waals surface area contributed by atoms with Gasteiger partial charge in [0.05, 0.1) is 24.6 Å². The van der Waals surface area contributed by atoms with Gasteiger partial charge in [0.1, 0.15) is 19.3 Å². The Bertz CT molecular complexity index is 1040. The van der Waals surface area contributed by atoms with Crippen molar-refractivity contribution in [2.24, 2.45) is 11.3 Å². The van der Waals surface area contributed by atoms with E-state index in [0.717, 1.165) is 18.4 Å². The van der Waals surface area contributed by atoms with Crippen molar-refractivity contribution in [1.29, 1.82) is 0 Å². The number of amides is 3. The molecule has 2 rings (SSSR count). The molecular formula is C31H45N3O7. The molecule has 1 aliphatic rings. The number of rotatable bonds is 15. The lowest BCUT2D eigenvalue weighted by Gasteiger charge is -2.33. The first-order valence-corrected chi connectivity index (χ1v) is 14.1. The number of hydrogen-bond acceptors (Lipinski definition) is 7. The second kappa shape index (κ2) is 16.6. The van der Waals surface area contributed by atoms with Crippen molar-refractivity contribution in [2.75, 3.05) is 19.8 Å². The van der Waals surface area contributed by atoms with E-state index in [9.17, 15) is 24.3 Å². The molecule has 0 spiro atoms. The number of esters is 1. The summed E-state index contributed by atoms with van der Waals surface area (Å²) < 4.78 is 10.8. The Morgan fingerprint density at radius 3 is 2.37 bits per heavy atom. The van der Waals surface area contributed by atoms with Crippen LogP contribution < -0.4 is 10.6 Å². The molecule has 3 N–H and O–H groups in total. The average Bonchev–Trinajstić information content (AvgIpc) is 3.42. The summed E-state index contributed by atoms with van der Waals surface area (Å²) in [5, 5.41) is 15.0. The maximum Gasteiger partial charge on any atom is 0.408 e. The van der Waals surface area contributed by atoms with Crippen LogP contribution in [0.25, 0.3) is 0 Å². The van der Waals surface area contributed by atoms with Gasteiger partial charge < -0.3 is 30.1 Å². The van der Waals surface area contributed by atoms with E-state index >= 15 is 0 Å². The molecule has 0 saturated carbocycles. The highest BCUT2D eigenvalue weighted by Crippen LogP contribution is 2.23. The van der Waals surface area contributed by atoms with E-state index in [2.05, 4.69) is 23.8 Å². The lowest BCUT2D eigenvalue weighted by atomic mass is 9.86. The van der Waals surface area contributed by atoms with Gasteiger partial charge >= 0.3 is 12.1 Å². The van der Waals surface area contributed by atoms with E-state index in [4.69, 9.17) is 9.47 Å². The third kappa shape index (κ3) is 11.0. The summed E-state index contributed by atoms with van der Waals surface area (Å²) in [6.45, 7) is 13.4. The lowest BCUT2D eigenvalue weighted by Crippen LogP contribution is -2.51. The van der Waals surface area contributed by atoms with Crippen molar-refractivity contribution in [3.05, 3.63) is 61.2 Å². The zero-order valence-corrected chi connectivity index (χ0v) is 24.5. The molecule has 1 aliphatic heterocycles. The monoisotopic (exact) mass is 571 g/mol. The highest BCUT2D eigenvalue weighted by atomic mass is 16.6. The molecule has 4 atom stereocenters. The summed E-state index contributed by atoms with van der Waals surface area (Å²) >= 11 is 0. The molecule has 0 bridgehead atoms. The van der Waals surface area contributed by atoms with E-state index in [0.29, 0.717) is 13.0 Å². The zero-order valence-electron chi connectivity index (χ0n) is 24.5. The molecule has 0 aliphatic carbocycles. The summed E-state index contributed by atoms with van der Waals surface area (Å²) in [4.78, 5) is 53.1. The maximum absolute atomic E-state index is 13.3. The molecule has 3 amide bonds. The Morgan fingerprint density at radius 1 is 1.07 bits per heavy atom. The molecule has 1 aromatic carbocycles. The quantitative estimate of drug-likeness (QED) is 0.217. The fourth-order valence-corrected chi connectivity index (χ4v) is 4.52. The van der Waals surface area contributed by atoms with Crippen LogP contribution in [0.15, 0.2) is 55.6 Å². The third-order valence-corrected chi connectivity index (χ3v) is 7.10. The van der Waals surface area contributed by atoms with E-state index < -0.39 is 35.5 Å². The first-order chi connectivity index (χ1) is 19.5. The number of aliphatic hydroxyl groups excluding tert-OH is 1. The smallest absolute Gasteiger partial charge is 0.408 e. The molecule has 226 valence electrons. The minimum Gasteiger partial charge on any atom is -0.462 e. The van der Waals surface area contributed by atoms with Crippen LogP contribution in [0.5, 0.6) is 0 Å². The van der Waals surface area contributed by atoms with Gasteiger partial charge in [0.25, 0.3) is 0 Å². The highest BCUT2D eigenvalue weighted by molar-refractivity contribution is 5.86. The predicted octanol–water partition coefficient (Wildman–Crippen LogP) is 3.50. The first kappa shape index (κ1) is 33.5. The normalized spacial score (nSPS) is 17.1. The number of carbonyl (C=O) groups is 4. The van der Waals surface area contributed by atoms with E-state index in [1.807, 2.05) is 51.1 Å². The molecule has 1 aromatic rings. The van der Waals surface area contributed by atoms with Crippen molar-refractivity contribution in [1.82, 2.24) is 15.5 Å². The third-order valence-electron chi connectivity index (χ3n) is 7.10. The largest absolute Gasteiger partial charge is 0.462 e. The molecule has 41 heavy (non-hydrogen) atoms. The van der Waals surface area contributed by atoms with Gasteiger partial charge in [-0.3, -0.25) is 9.59 Å². The maximum atomic E-state index is 13.3. The van der Waals surface area contributed by atoms with Crippen LogP contribution in [-0.4, -0.2) is 71.8 Å². The SMILES string of the molecule is C=CCC(CC(=O)N1CCCC1CO)C(=O)NC(COC(=O)C(CC=C)NC(=O)OCc1ccccc1)C(C)(C)C. The summed E-state index contributed by atoms with van der Waals surface area (Å²) in [5.41, 5.74) is 0.311. The number of allylic oxidation sites excluding steroid dienone is 1. The van der Waals surface area contributed by atoms with Crippen LogP contribution in [0.1, 0.15) is 58.4 Å². The number of benzene rings is 1. The topological polar surface area (TPSA) is 134 Å². The van der Waals surface area contributed by atoms with E-state index in [1.165, 1.54) is 6.08 Å². The van der Waals surface area contributed by atoms with E-state index in [-0.39, 0.29) is 50.5 Å². The molecule has 0 radical (unpaired) electrons. The van der Waals surface area contributed by atoms with Gasteiger partial charge in [-0.05, 0) is 36.7 Å². The number of nitrogens with zero attached hydrogens (tertiary/aromatic N) is 1. The van der Waals surface area contributed by atoms with Gasteiger partial charge in [-0.25, -0.2) is 9.59 Å². The second-order valence-corrected chi connectivity index (χ2v) is 11.3. The fourth-order valence-electron chi connectivity index (χ4n) is 4.52. The molecule has 1 heterocycles. The van der Waals surface area contributed by atoms with Gasteiger partial charge in [-0.1, -0.05) is 63.3 Å². The van der Waals surface area contributed by atoms with Crippen molar-refractivity contribution in [2.45, 2.75) is 77.6 Å². The van der Waals surface area contributed by atoms with E-state index in [1.54, 1.807) is 11.0 Å². The lowest BCUT2D eigenvalue weighted by molar-refractivity contribution is -0.148. The predicted molar refractivity (Wildman–Crippen MR) is 155 cm³/mol. The molecule has 0 aromatic heterocycles. The standard InChI is InChI=1S/C31H45N3O7/c1-6-12-23(18-27(36)34-17-11-16-24(34)19-35)28(37)33-26(31(3,4)5)21-40-29(38)25(13-7-2)32-30(39)41-20-22-14-9-8-10-15-22/h6-10,14-15,23-26,35H,1-2,11-13,16-21H2,3-5H3,(H,32,39)(H,33,37). The molecule has 10 nitrogen and oxygen atoms in total.